The lowest BCUT2D eigenvalue weighted by atomic mass is 10.2. The highest BCUT2D eigenvalue weighted by Crippen LogP contribution is 2.19. The minimum absolute atomic E-state index is 0.113. The Morgan fingerprint density at radius 2 is 1.48 bits per heavy atom. The Hall–Kier alpha value is -3.93. The van der Waals surface area contributed by atoms with E-state index in [1.165, 1.54) is 6.20 Å². The van der Waals surface area contributed by atoms with Crippen molar-refractivity contribution in [2.24, 2.45) is 0 Å². The normalized spacial score (nSPS) is 10.6. The first-order valence-electron chi connectivity index (χ1n) is 9.36. The van der Waals surface area contributed by atoms with Crippen molar-refractivity contribution in [3.63, 3.8) is 0 Å². The average molecular weight is 384 g/mol. The molecule has 3 aromatic carbocycles. The maximum atomic E-state index is 12.3. The molecule has 0 aliphatic heterocycles. The lowest BCUT2D eigenvalue weighted by Crippen LogP contribution is -2.18. The number of nitrogens with zero attached hydrogens (tertiary/aromatic N) is 2. The van der Waals surface area contributed by atoms with E-state index in [1.807, 2.05) is 72.8 Å². The van der Waals surface area contributed by atoms with E-state index in [2.05, 4.69) is 15.7 Å². The zero-order valence-electron chi connectivity index (χ0n) is 15.7. The fraction of sp³-hybridized carbons (Fsp3) is 0.0870. The topological polar surface area (TPSA) is 76.0 Å². The first-order valence-corrected chi connectivity index (χ1v) is 9.36. The van der Waals surface area contributed by atoms with Gasteiger partial charge in [-0.2, -0.15) is 5.10 Å². The third-order valence-corrected chi connectivity index (χ3v) is 4.54. The Morgan fingerprint density at radius 1 is 0.828 bits per heavy atom. The first-order chi connectivity index (χ1) is 14.2. The number of fused-ring (bicyclic) bond motifs is 1. The van der Waals surface area contributed by atoms with Crippen LogP contribution in [0.5, 0.6) is 0 Å². The number of hydrogen-bond donors (Lipinski definition) is 2. The lowest BCUT2D eigenvalue weighted by molar-refractivity contribution is -0.116. The van der Waals surface area contributed by atoms with Crippen LogP contribution in [0.25, 0.3) is 10.9 Å². The number of hydrogen-bond acceptors (Lipinski definition) is 4. The Labute approximate surface area is 167 Å². The molecular formula is C23H20N4O2. The summed E-state index contributed by atoms with van der Waals surface area (Å²) in [5.74, 6) is -0.113. The molecule has 0 bridgehead atoms. The van der Waals surface area contributed by atoms with Gasteiger partial charge < -0.3 is 10.6 Å². The smallest absolute Gasteiger partial charge is 0.226 e. The summed E-state index contributed by atoms with van der Waals surface area (Å²) >= 11 is 0. The number of aryl methyl sites for hydroxylation is 1. The van der Waals surface area contributed by atoms with E-state index in [0.717, 1.165) is 22.6 Å². The van der Waals surface area contributed by atoms with Crippen LogP contribution >= 0.6 is 0 Å². The molecule has 0 spiro atoms. The molecule has 0 fully saturated rings. The molecule has 29 heavy (non-hydrogen) atoms. The molecule has 0 saturated carbocycles. The largest absolute Gasteiger partial charge is 0.356 e. The van der Waals surface area contributed by atoms with Crippen molar-refractivity contribution in [2.45, 2.75) is 13.0 Å². The Morgan fingerprint density at radius 3 is 2.28 bits per heavy atom. The molecule has 4 aromatic rings. The predicted octanol–water partition coefficient (Wildman–Crippen LogP) is 4.17. The summed E-state index contributed by atoms with van der Waals surface area (Å²) in [7, 11) is 0. The molecule has 1 amide bonds. The van der Waals surface area contributed by atoms with E-state index >= 15 is 0 Å². The van der Waals surface area contributed by atoms with Crippen molar-refractivity contribution < 1.29 is 4.79 Å². The number of amides is 1. The van der Waals surface area contributed by atoms with Gasteiger partial charge in [-0.1, -0.05) is 30.3 Å². The molecule has 4 rings (SSSR count). The lowest BCUT2D eigenvalue weighted by Gasteiger charge is -2.10. The summed E-state index contributed by atoms with van der Waals surface area (Å²) in [4.78, 5) is 24.2. The van der Waals surface area contributed by atoms with Crippen LogP contribution in [0.2, 0.25) is 0 Å². The maximum absolute atomic E-state index is 12.3. The van der Waals surface area contributed by atoms with Crippen molar-refractivity contribution in [3.8, 4) is 0 Å². The second-order valence-corrected chi connectivity index (χ2v) is 6.62. The van der Waals surface area contributed by atoms with Gasteiger partial charge in [0, 0.05) is 28.9 Å². The van der Waals surface area contributed by atoms with Gasteiger partial charge in [0.1, 0.15) is 0 Å². The molecule has 0 radical (unpaired) electrons. The highest BCUT2D eigenvalue weighted by molar-refractivity contribution is 5.91. The summed E-state index contributed by atoms with van der Waals surface area (Å²) in [6.07, 6.45) is 1.54. The van der Waals surface area contributed by atoms with E-state index in [-0.39, 0.29) is 17.8 Å². The Bertz CT molecular complexity index is 1180. The molecule has 0 saturated heterocycles. The van der Waals surface area contributed by atoms with Crippen LogP contribution in [0, 0.1) is 0 Å². The van der Waals surface area contributed by atoms with Crippen molar-refractivity contribution in [1.82, 2.24) is 9.78 Å². The van der Waals surface area contributed by atoms with Gasteiger partial charge in [-0.25, -0.2) is 0 Å². The van der Waals surface area contributed by atoms with Crippen LogP contribution in [0.3, 0.4) is 0 Å². The number of anilines is 3. The molecule has 1 heterocycles. The fourth-order valence-electron chi connectivity index (χ4n) is 3.10. The summed E-state index contributed by atoms with van der Waals surface area (Å²) in [5.41, 5.74) is 3.28. The summed E-state index contributed by atoms with van der Waals surface area (Å²) in [6.45, 7) is 0.389. The van der Waals surface area contributed by atoms with Crippen molar-refractivity contribution in [3.05, 3.63) is 95.3 Å². The Kier molecular flexibility index (Phi) is 5.33. The minimum atomic E-state index is -0.120. The van der Waals surface area contributed by atoms with E-state index in [9.17, 15) is 9.59 Å². The molecular weight excluding hydrogens is 364 g/mol. The summed E-state index contributed by atoms with van der Waals surface area (Å²) in [6, 6.07) is 24.7. The molecule has 0 aliphatic rings. The van der Waals surface area contributed by atoms with Gasteiger partial charge in [0.15, 0.2) is 0 Å². The average Bonchev–Trinajstić information content (AvgIpc) is 2.76. The fourth-order valence-corrected chi connectivity index (χ4v) is 3.10. The van der Waals surface area contributed by atoms with Crippen LogP contribution in [-0.2, 0) is 11.3 Å². The van der Waals surface area contributed by atoms with E-state index in [0.29, 0.717) is 11.9 Å². The van der Waals surface area contributed by atoms with Gasteiger partial charge in [0.25, 0.3) is 0 Å². The standard InChI is InChI=1S/C23H20N4O2/c28-22-16-24-27(21-9-5-4-8-20(21)22)15-14-23(29)26-19-12-10-18(11-13-19)25-17-6-2-1-3-7-17/h1-13,16,25H,14-15H2,(H,26,29). The zero-order chi connectivity index (χ0) is 20.1. The molecule has 6 nitrogen and oxygen atoms in total. The van der Waals surface area contributed by atoms with Gasteiger partial charge >= 0.3 is 0 Å². The number of nitrogens with one attached hydrogen (secondary N) is 2. The summed E-state index contributed by atoms with van der Waals surface area (Å²) < 4.78 is 1.68. The van der Waals surface area contributed by atoms with Crippen LogP contribution in [-0.4, -0.2) is 15.7 Å². The maximum Gasteiger partial charge on any atom is 0.226 e. The van der Waals surface area contributed by atoms with Crippen molar-refractivity contribution in [2.75, 3.05) is 10.6 Å². The Balaban J connectivity index is 1.37. The van der Waals surface area contributed by atoms with E-state index < -0.39 is 0 Å². The first kappa shape index (κ1) is 18.4. The number of carbonyl (C=O) groups is 1. The van der Waals surface area contributed by atoms with Gasteiger partial charge in [0.05, 0.1) is 18.3 Å². The SMILES string of the molecule is O=C(CCn1ncc(=O)c2ccccc21)Nc1ccc(Nc2ccccc2)cc1. The zero-order valence-corrected chi connectivity index (χ0v) is 15.7. The molecule has 1 aromatic heterocycles. The molecule has 0 aliphatic carbocycles. The molecule has 144 valence electrons. The second-order valence-electron chi connectivity index (χ2n) is 6.62. The van der Waals surface area contributed by atoms with E-state index in [1.54, 1.807) is 10.7 Å². The molecule has 6 heteroatoms. The third kappa shape index (κ3) is 4.50. The third-order valence-electron chi connectivity index (χ3n) is 4.54. The predicted molar refractivity (Wildman–Crippen MR) is 115 cm³/mol. The number of aromatic nitrogens is 2. The monoisotopic (exact) mass is 384 g/mol. The molecule has 0 atom stereocenters. The number of rotatable bonds is 6. The van der Waals surface area contributed by atoms with Crippen LogP contribution < -0.4 is 16.1 Å². The van der Waals surface area contributed by atoms with E-state index in [4.69, 9.17) is 0 Å². The number of para-hydroxylation sites is 2. The van der Waals surface area contributed by atoms with Crippen LogP contribution in [0.1, 0.15) is 6.42 Å². The summed E-state index contributed by atoms with van der Waals surface area (Å²) in [5, 5.41) is 11.0. The van der Waals surface area contributed by atoms with Gasteiger partial charge in [-0.15, -0.1) is 0 Å². The second kappa shape index (κ2) is 8.39. The minimum Gasteiger partial charge on any atom is -0.356 e. The number of benzene rings is 3. The van der Waals surface area contributed by atoms with Gasteiger partial charge in [0.2, 0.25) is 11.3 Å². The van der Waals surface area contributed by atoms with Gasteiger partial charge in [-0.05, 0) is 48.5 Å². The molecule has 2 N–H and O–H groups in total. The quantitative estimate of drug-likeness (QED) is 0.523. The van der Waals surface area contributed by atoms with Crippen LogP contribution in [0.4, 0.5) is 17.1 Å². The van der Waals surface area contributed by atoms with Crippen molar-refractivity contribution in [1.29, 1.82) is 0 Å². The van der Waals surface area contributed by atoms with Crippen molar-refractivity contribution >= 4 is 33.9 Å². The highest BCUT2D eigenvalue weighted by Gasteiger charge is 2.07. The molecule has 0 unspecified atom stereocenters. The highest BCUT2D eigenvalue weighted by atomic mass is 16.1. The van der Waals surface area contributed by atoms with Gasteiger partial charge in [-0.3, -0.25) is 14.3 Å². The number of carbonyl (C=O) groups excluding carboxylic acids is 1. The van der Waals surface area contributed by atoms with Crippen LogP contribution in [0.15, 0.2) is 89.9 Å².